The lowest BCUT2D eigenvalue weighted by atomic mass is 9.90. The lowest BCUT2D eigenvalue weighted by Crippen LogP contribution is -2.48. The van der Waals surface area contributed by atoms with Crippen LogP contribution in [0.25, 0.3) is 0 Å². The fourth-order valence-corrected chi connectivity index (χ4v) is 4.11. The molecule has 0 radical (unpaired) electrons. The average Bonchev–Trinajstić information content (AvgIpc) is 2.75. The quantitative estimate of drug-likeness (QED) is 0.808. The Morgan fingerprint density at radius 2 is 1.71 bits per heavy atom. The van der Waals surface area contributed by atoms with Gasteiger partial charge in [0.25, 0.3) is 0 Å². The molecule has 0 bridgehead atoms. The van der Waals surface area contributed by atoms with Gasteiger partial charge in [-0.2, -0.15) is 10.1 Å². The molecule has 0 saturated carbocycles. The Hall–Kier alpha value is -2.70. The van der Waals surface area contributed by atoms with Gasteiger partial charge in [0.05, 0.1) is 6.20 Å². The molecule has 2 fully saturated rings. The van der Waals surface area contributed by atoms with E-state index in [-0.39, 0.29) is 5.91 Å². The van der Waals surface area contributed by atoms with E-state index in [1.165, 1.54) is 18.4 Å². The van der Waals surface area contributed by atoms with Crippen LogP contribution in [-0.2, 0) is 11.2 Å². The summed E-state index contributed by atoms with van der Waals surface area (Å²) in [5.41, 5.74) is 1.43. The van der Waals surface area contributed by atoms with Crippen LogP contribution in [0.15, 0.2) is 36.5 Å². The molecule has 0 spiro atoms. The fraction of sp³-hybridized carbons (Fsp3) is 0.524. The lowest BCUT2D eigenvalue weighted by Gasteiger charge is -2.35. The predicted molar refractivity (Wildman–Crippen MR) is 109 cm³/mol. The van der Waals surface area contributed by atoms with Gasteiger partial charge in [-0.15, -0.1) is 5.10 Å². The normalized spacial score (nSPS) is 18.4. The molecule has 0 aliphatic carbocycles. The number of piperidine rings is 1. The van der Waals surface area contributed by atoms with Crippen molar-refractivity contribution in [2.45, 2.75) is 26.2 Å². The van der Waals surface area contributed by atoms with Gasteiger partial charge in [0.15, 0.2) is 5.82 Å². The monoisotopic (exact) mass is 380 g/mol. The first-order valence-corrected chi connectivity index (χ1v) is 10.2. The summed E-state index contributed by atoms with van der Waals surface area (Å²) < 4.78 is 0. The van der Waals surface area contributed by atoms with Crippen molar-refractivity contribution >= 4 is 17.7 Å². The second kappa shape index (κ2) is 8.54. The van der Waals surface area contributed by atoms with Gasteiger partial charge in [-0.05, 0) is 30.7 Å². The minimum atomic E-state index is 0.130. The maximum absolute atomic E-state index is 11.5. The standard InChI is InChI=1S/C21H28N6O/c1-17(28)25-11-13-27(14-12-25)21-23-20(16-22-24-21)26-9-7-19(8-10-26)15-18-5-3-2-4-6-18/h2-6,16,19H,7-15H2,1H3. The zero-order valence-corrected chi connectivity index (χ0v) is 16.5. The van der Waals surface area contributed by atoms with Gasteiger partial charge in [0.1, 0.15) is 0 Å². The Kier molecular flexibility index (Phi) is 5.69. The summed E-state index contributed by atoms with van der Waals surface area (Å²) in [5, 5.41) is 8.43. The topological polar surface area (TPSA) is 65.5 Å². The summed E-state index contributed by atoms with van der Waals surface area (Å²) >= 11 is 0. The molecule has 0 atom stereocenters. The van der Waals surface area contributed by atoms with Crippen LogP contribution in [0.5, 0.6) is 0 Å². The molecular weight excluding hydrogens is 352 g/mol. The number of piperazine rings is 1. The summed E-state index contributed by atoms with van der Waals surface area (Å²) in [6, 6.07) is 10.8. The molecule has 2 aliphatic heterocycles. The molecule has 1 amide bonds. The largest absolute Gasteiger partial charge is 0.355 e. The highest BCUT2D eigenvalue weighted by atomic mass is 16.2. The van der Waals surface area contributed by atoms with E-state index in [1.54, 1.807) is 13.1 Å². The van der Waals surface area contributed by atoms with Crippen LogP contribution in [-0.4, -0.2) is 65.3 Å². The van der Waals surface area contributed by atoms with Crippen LogP contribution < -0.4 is 9.80 Å². The van der Waals surface area contributed by atoms with E-state index in [4.69, 9.17) is 4.98 Å². The first-order valence-electron chi connectivity index (χ1n) is 10.2. The zero-order valence-electron chi connectivity index (χ0n) is 16.5. The van der Waals surface area contributed by atoms with Crippen LogP contribution in [0.4, 0.5) is 11.8 Å². The van der Waals surface area contributed by atoms with Crippen molar-refractivity contribution in [1.82, 2.24) is 20.1 Å². The molecule has 7 heteroatoms. The molecule has 3 heterocycles. The molecule has 0 N–H and O–H groups in total. The number of hydrogen-bond donors (Lipinski definition) is 0. The van der Waals surface area contributed by atoms with Crippen molar-refractivity contribution in [3.63, 3.8) is 0 Å². The third-order valence-electron chi connectivity index (χ3n) is 5.85. The number of hydrogen-bond acceptors (Lipinski definition) is 6. The molecular formula is C21H28N6O. The number of carbonyl (C=O) groups excluding carboxylic acids is 1. The van der Waals surface area contributed by atoms with Crippen LogP contribution >= 0.6 is 0 Å². The number of rotatable bonds is 4. The third-order valence-corrected chi connectivity index (χ3v) is 5.85. The highest BCUT2D eigenvalue weighted by molar-refractivity contribution is 5.73. The number of nitrogens with zero attached hydrogens (tertiary/aromatic N) is 6. The molecule has 1 aromatic heterocycles. The van der Waals surface area contributed by atoms with Crippen molar-refractivity contribution < 1.29 is 4.79 Å². The average molecular weight is 380 g/mol. The zero-order chi connectivity index (χ0) is 19.3. The van der Waals surface area contributed by atoms with Crippen LogP contribution in [0, 0.1) is 5.92 Å². The maximum Gasteiger partial charge on any atom is 0.247 e. The summed E-state index contributed by atoms with van der Waals surface area (Å²) in [6.07, 6.45) is 5.27. The molecule has 0 unspecified atom stereocenters. The van der Waals surface area contributed by atoms with E-state index in [9.17, 15) is 4.79 Å². The Labute approximate surface area is 166 Å². The van der Waals surface area contributed by atoms with Crippen molar-refractivity contribution in [3.05, 3.63) is 42.1 Å². The van der Waals surface area contributed by atoms with Gasteiger partial charge >= 0.3 is 0 Å². The minimum Gasteiger partial charge on any atom is -0.355 e. The molecule has 2 aromatic rings. The minimum absolute atomic E-state index is 0.130. The maximum atomic E-state index is 11.5. The first kappa shape index (κ1) is 18.7. The van der Waals surface area contributed by atoms with Gasteiger partial charge in [0.2, 0.25) is 11.9 Å². The summed E-state index contributed by atoms with van der Waals surface area (Å²) in [4.78, 5) is 22.6. The van der Waals surface area contributed by atoms with E-state index in [1.807, 2.05) is 4.90 Å². The van der Waals surface area contributed by atoms with Crippen molar-refractivity contribution in [2.75, 3.05) is 49.1 Å². The highest BCUT2D eigenvalue weighted by Gasteiger charge is 2.24. The van der Waals surface area contributed by atoms with Crippen LogP contribution in [0.2, 0.25) is 0 Å². The number of benzene rings is 1. The van der Waals surface area contributed by atoms with Crippen molar-refractivity contribution in [1.29, 1.82) is 0 Å². The first-order chi connectivity index (χ1) is 13.7. The lowest BCUT2D eigenvalue weighted by molar-refractivity contribution is -0.129. The molecule has 2 saturated heterocycles. The SMILES string of the molecule is CC(=O)N1CCN(c2nncc(N3CCC(Cc4ccccc4)CC3)n2)CC1. The van der Waals surface area contributed by atoms with Crippen LogP contribution in [0.1, 0.15) is 25.3 Å². The highest BCUT2D eigenvalue weighted by Crippen LogP contribution is 2.25. The van der Waals surface area contributed by atoms with Gasteiger partial charge in [-0.25, -0.2) is 0 Å². The van der Waals surface area contributed by atoms with Crippen LogP contribution in [0.3, 0.4) is 0 Å². The van der Waals surface area contributed by atoms with E-state index in [0.717, 1.165) is 44.3 Å². The number of anilines is 2. The number of carbonyl (C=O) groups is 1. The third kappa shape index (κ3) is 4.40. The van der Waals surface area contributed by atoms with Gasteiger partial charge < -0.3 is 14.7 Å². The summed E-state index contributed by atoms with van der Waals surface area (Å²) in [7, 11) is 0. The molecule has 4 rings (SSSR count). The molecule has 148 valence electrons. The second-order valence-electron chi connectivity index (χ2n) is 7.73. The van der Waals surface area contributed by atoms with Crippen molar-refractivity contribution in [3.8, 4) is 0 Å². The Morgan fingerprint density at radius 3 is 2.39 bits per heavy atom. The van der Waals surface area contributed by atoms with Crippen molar-refractivity contribution in [2.24, 2.45) is 5.92 Å². The Bertz CT molecular complexity index is 782. The second-order valence-corrected chi connectivity index (χ2v) is 7.73. The summed E-state index contributed by atoms with van der Waals surface area (Å²) in [5.74, 6) is 2.45. The molecule has 7 nitrogen and oxygen atoms in total. The van der Waals surface area contributed by atoms with Gasteiger partial charge in [0, 0.05) is 46.2 Å². The van der Waals surface area contributed by atoms with Gasteiger partial charge in [-0.1, -0.05) is 30.3 Å². The fourth-order valence-electron chi connectivity index (χ4n) is 4.11. The van der Waals surface area contributed by atoms with E-state index in [2.05, 4.69) is 50.3 Å². The predicted octanol–water partition coefficient (Wildman–Crippen LogP) is 2.00. The summed E-state index contributed by atoms with van der Waals surface area (Å²) in [6.45, 7) is 6.58. The molecule has 1 aromatic carbocycles. The number of amides is 1. The Morgan fingerprint density at radius 1 is 1.00 bits per heavy atom. The van der Waals surface area contributed by atoms with Gasteiger partial charge in [-0.3, -0.25) is 4.79 Å². The molecule has 28 heavy (non-hydrogen) atoms. The Balaban J connectivity index is 1.33. The van der Waals surface area contributed by atoms with E-state index in [0.29, 0.717) is 19.0 Å². The molecule has 2 aliphatic rings. The van der Waals surface area contributed by atoms with E-state index < -0.39 is 0 Å². The number of aromatic nitrogens is 3. The smallest absolute Gasteiger partial charge is 0.247 e. The van der Waals surface area contributed by atoms with E-state index >= 15 is 0 Å².